The number of carbonyl (C=O) groups is 2. The fraction of sp³-hybridized carbons (Fsp3) is 0.788. The predicted molar refractivity (Wildman–Crippen MR) is 413 cm³/mol. The molecule has 0 bridgehead atoms. The molecule has 0 fully saturated rings. The molecule has 0 rings (SSSR count). The number of unbranched alkanes of at least 4 members (excludes halogenated alkanes) is 48. The summed E-state index contributed by atoms with van der Waals surface area (Å²) in [4.78, 5) is 35.5. The van der Waals surface area contributed by atoms with Gasteiger partial charge in [0.05, 0.1) is 13.2 Å². The average molecular weight is 1350 g/mol. The Bertz CT molecular complexity index is 1890. The molecule has 0 aromatic rings. The highest BCUT2D eigenvalue weighted by Crippen LogP contribution is 2.43. The number of phosphoric acid groups is 1. The van der Waals surface area contributed by atoms with E-state index in [0.717, 1.165) is 77.0 Å². The van der Waals surface area contributed by atoms with Gasteiger partial charge >= 0.3 is 19.8 Å². The number of ether oxygens (including phenoxy) is 2. The van der Waals surface area contributed by atoms with Crippen LogP contribution in [0.3, 0.4) is 0 Å². The molecule has 95 heavy (non-hydrogen) atoms. The molecular formula is C85H154NO8P. The minimum atomic E-state index is -4.40. The van der Waals surface area contributed by atoms with Gasteiger partial charge in [-0.2, -0.15) is 0 Å². The molecule has 0 aromatic heterocycles. The van der Waals surface area contributed by atoms with Crippen molar-refractivity contribution in [1.82, 2.24) is 0 Å². The van der Waals surface area contributed by atoms with Gasteiger partial charge in [-0.05, 0) is 96.3 Å². The molecule has 0 amide bonds. The fourth-order valence-corrected chi connectivity index (χ4v) is 12.7. The second-order valence-electron chi connectivity index (χ2n) is 27.3. The Morgan fingerprint density at radius 1 is 0.326 bits per heavy atom. The van der Waals surface area contributed by atoms with E-state index in [2.05, 4.69) is 111 Å². The predicted octanol–water partition coefficient (Wildman–Crippen LogP) is 27.4. The van der Waals surface area contributed by atoms with E-state index in [4.69, 9.17) is 24.3 Å². The lowest BCUT2D eigenvalue weighted by atomic mass is 10.0. The summed E-state index contributed by atoms with van der Waals surface area (Å²) in [5.74, 6) is -0.807. The Kier molecular flexibility index (Phi) is 77.3. The molecular weight excluding hydrogens is 1190 g/mol. The lowest BCUT2D eigenvalue weighted by Crippen LogP contribution is -2.29. The lowest BCUT2D eigenvalue weighted by molar-refractivity contribution is -0.161. The molecule has 3 N–H and O–H groups in total. The molecule has 0 aliphatic heterocycles. The van der Waals surface area contributed by atoms with Crippen molar-refractivity contribution < 1.29 is 37.6 Å². The number of carbonyl (C=O) groups excluding carboxylic acids is 2. The second kappa shape index (κ2) is 79.9. The van der Waals surface area contributed by atoms with Gasteiger partial charge in [-0.15, -0.1) is 0 Å². The van der Waals surface area contributed by atoms with Crippen LogP contribution in [-0.4, -0.2) is 49.3 Å². The Hall–Kier alpha value is -3.07. The van der Waals surface area contributed by atoms with Crippen LogP contribution < -0.4 is 5.73 Å². The summed E-state index contributed by atoms with van der Waals surface area (Å²) in [6, 6.07) is 0. The average Bonchev–Trinajstić information content (AvgIpc) is 2.75. The van der Waals surface area contributed by atoms with Crippen LogP contribution in [0.1, 0.15) is 399 Å². The minimum Gasteiger partial charge on any atom is -0.462 e. The molecule has 0 heterocycles. The van der Waals surface area contributed by atoms with Gasteiger partial charge in [-0.25, -0.2) is 4.57 Å². The molecule has 0 saturated carbocycles. The number of phosphoric ester groups is 1. The first-order valence-electron chi connectivity index (χ1n) is 40.7. The number of allylic oxidation sites excluding steroid dienone is 16. The van der Waals surface area contributed by atoms with Gasteiger partial charge in [0.2, 0.25) is 0 Å². The molecule has 0 aromatic carbocycles. The number of hydrogen-bond donors (Lipinski definition) is 2. The maximum atomic E-state index is 12.8. The summed E-state index contributed by atoms with van der Waals surface area (Å²) in [6.45, 7) is 3.68. The van der Waals surface area contributed by atoms with Crippen molar-refractivity contribution in [3.8, 4) is 0 Å². The quantitative estimate of drug-likeness (QED) is 0.0264. The number of rotatable bonds is 77. The van der Waals surface area contributed by atoms with Crippen molar-refractivity contribution in [3.63, 3.8) is 0 Å². The molecule has 0 aliphatic carbocycles. The van der Waals surface area contributed by atoms with Crippen molar-refractivity contribution in [1.29, 1.82) is 0 Å². The van der Waals surface area contributed by atoms with E-state index in [9.17, 15) is 19.0 Å². The summed E-state index contributed by atoms with van der Waals surface area (Å²) < 4.78 is 33.3. The lowest BCUT2D eigenvalue weighted by Gasteiger charge is -2.19. The van der Waals surface area contributed by atoms with E-state index in [1.807, 2.05) is 0 Å². The van der Waals surface area contributed by atoms with Gasteiger partial charge in [-0.1, -0.05) is 387 Å². The van der Waals surface area contributed by atoms with Crippen molar-refractivity contribution in [3.05, 3.63) is 97.2 Å². The molecule has 0 aliphatic rings. The Labute approximate surface area is 588 Å². The first-order chi connectivity index (χ1) is 46.8. The first-order valence-corrected chi connectivity index (χ1v) is 42.2. The van der Waals surface area contributed by atoms with Crippen molar-refractivity contribution in [2.45, 2.75) is 405 Å². The first kappa shape index (κ1) is 91.9. The van der Waals surface area contributed by atoms with Gasteiger partial charge in [0.1, 0.15) is 6.61 Å². The van der Waals surface area contributed by atoms with Crippen LogP contribution in [0.15, 0.2) is 97.2 Å². The van der Waals surface area contributed by atoms with E-state index < -0.39 is 26.5 Å². The van der Waals surface area contributed by atoms with Crippen molar-refractivity contribution >= 4 is 19.8 Å². The Morgan fingerprint density at radius 3 is 0.863 bits per heavy atom. The molecule has 0 spiro atoms. The topological polar surface area (TPSA) is 134 Å². The highest BCUT2D eigenvalue weighted by atomic mass is 31.2. The summed E-state index contributed by atoms with van der Waals surface area (Å²) in [6.07, 6.45) is 110. The van der Waals surface area contributed by atoms with Crippen LogP contribution in [0, 0.1) is 0 Å². The zero-order chi connectivity index (χ0) is 68.6. The van der Waals surface area contributed by atoms with Gasteiger partial charge in [0.25, 0.3) is 0 Å². The van der Waals surface area contributed by atoms with Gasteiger partial charge in [-0.3, -0.25) is 18.6 Å². The standard InChI is InChI=1S/C85H154NO8P/c1-3-5-7-9-11-13-15-17-19-21-23-25-27-29-31-33-35-37-38-39-40-41-42-43-44-46-48-50-52-54-56-58-60-62-64-66-68-70-72-74-76-78-85(88)94-83(82-93-95(89,90)92-80-79-86)81-91-84(87)77-75-73-71-69-67-65-63-61-59-57-55-53-51-49-47-45-36-34-32-30-28-26-24-22-20-18-16-14-12-10-8-6-4-2/h5,7,11,13,16-19,22-25,29,31,35,37,83H,3-4,6,8-10,12,14-15,20-21,26-28,30,32-34,36,38-82,86H2,1-2H3,(H,89,90)/b7-5-,13-11-,18-16-,19-17-,24-22-,25-23-,31-29-,37-35-. The fourth-order valence-electron chi connectivity index (χ4n) is 12.0. The molecule has 9 nitrogen and oxygen atoms in total. The number of hydrogen-bond acceptors (Lipinski definition) is 8. The summed E-state index contributed by atoms with van der Waals surface area (Å²) in [7, 11) is -4.40. The van der Waals surface area contributed by atoms with Gasteiger partial charge < -0.3 is 20.1 Å². The molecule has 2 unspecified atom stereocenters. The molecule has 0 radical (unpaired) electrons. The SMILES string of the molecule is CC/C=C\C/C=C\C/C=C\C/C=C\C/C=C\C/C=C\CCCCCCCCCCCCCCCCCCCCCCCCC(=O)OC(COC(=O)CCCCCCCCCCCCCCCCCCCCCCC/C=C\C/C=C\CCCCCCC)COP(=O)(O)OCCN. The largest absolute Gasteiger partial charge is 0.472 e. The Morgan fingerprint density at radius 2 is 0.579 bits per heavy atom. The van der Waals surface area contributed by atoms with Crippen LogP contribution in [0.2, 0.25) is 0 Å². The van der Waals surface area contributed by atoms with Gasteiger partial charge in [0.15, 0.2) is 6.10 Å². The van der Waals surface area contributed by atoms with E-state index in [-0.39, 0.29) is 38.6 Å². The summed E-state index contributed by atoms with van der Waals surface area (Å²) in [5, 5.41) is 0. The maximum Gasteiger partial charge on any atom is 0.472 e. The van der Waals surface area contributed by atoms with Crippen molar-refractivity contribution in [2.24, 2.45) is 5.73 Å². The Balaban J connectivity index is 3.77. The molecule has 552 valence electrons. The van der Waals surface area contributed by atoms with Crippen LogP contribution >= 0.6 is 7.82 Å². The zero-order valence-electron chi connectivity index (χ0n) is 62.4. The van der Waals surface area contributed by atoms with Crippen molar-refractivity contribution in [2.75, 3.05) is 26.4 Å². The molecule has 0 saturated heterocycles. The number of nitrogens with two attached hydrogens (primary N) is 1. The highest BCUT2D eigenvalue weighted by molar-refractivity contribution is 7.47. The van der Waals surface area contributed by atoms with Crippen LogP contribution in [0.4, 0.5) is 0 Å². The van der Waals surface area contributed by atoms with E-state index in [1.165, 1.54) is 289 Å². The molecule has 2 atom stereocenters. The summed E-state index contributed by atoms with van der Waals surface area (Å²) >= 11 is 0. The highest BCUT2D eigenvalue weighted by Gasteiger charge is 2.26. The smallest absolute Gasteiger partial charge is 0.462 e. The van der Waals surface area contributed by atoms with Crippen LogP contribution in [-0.2, 0) is 32.7 Å². The maximum absolute atomic E-state index is 12.8. The number of esters is 2. The van der Waals surface area contributed by atoms with Crippen LogP contribution in [0.5, 0.6) is 0 Å². The third kappa shape index (κ3) is 79.8. The van der Waals surface area contributed by atoms with Gasteiger partial charge in [0, 0.05) is 19.4 Å². The zero-order valence-corrected chi connectivity index (χ0v) is 63.3. The minimum absolute atomic E-state index is 0.0539. The summed E-state index contributed by atoms with van der Waals surface area (Å²) in [5.41, 5.74) is 5.42. The second-order valence-corrected chi connectivity index (χ2v) is 28.7. The molecule has 10 heteroatoms. The van der Waals surface area contributed by atoms with Crippen LogP contribution in [0.25, 0.3) is 0 Å². The monoisotopic (exact) mass is 1350 g/mol. The van der Waals surface area contributed by atoms with E-state index in [1.54, 1.807) is 0 Å². The van der Waals surface area contributed by atoms with E-state index in [0.29, 0.717) is 6.42 Å². The third-order valence-corrected chi connectivity index (χ3v) is 18.9. The third-order valence-electron chi connectivity index (χ3n) is 18.0. The van der Waals surface area contributed by atoms with E-state index >= 15 is 0 Å². The normalized spacial score (nSPS) is 13.3.